The molecule has 0 atom stereocenters. The smallest absolute Gasteiger partial charge is 0.222 e. The van der Waals surface area contributed by atoms with Crippen molar-refractivity contribution in [2.75, 3.05) is 0 Å². The summed E-state index contributed by atoms with van der Waals surface area (Å²) in [7, 11) is 0. The van der Waals surface area contributed by atoms with Gasteiger partial charge in [-0.05, 0) is 60.5 Å². The largest absolute Gasteiger partial charge is 0.438 e. The Labute approximate surface area is 176 Å². The SMILES string of the molecule is CCc1cc(Cc2nccc(Oc3ccc(C)c4ccccc34)n2)cc(C(C)=O)c1. The Bertz CT molecular complexity index is 1230. The van der Waals surface area contributed by atoms with Gasteiger partial charge in [-0.25, -0.2) is 4.98 Å². The highest BCUT2D eigenvalue weighted by atomic mass is 16.5. The Morgan fingerprint density at radius 3 is 2.50 bits per heavy atom. The van der Waals surface area contributed by atoms with Crippen LogP contribution in [0.4, 0.5) is 0 Å². The number of rotatable bonds is 6. The van der Waals surface area contributed by atoms with Crippen LogP contribution in [0.25, 0.3) is 10.8 Å². The van der Waals surface area contributed by atoms with Gasteiger partial charge in [0.2, 0.25) is 5.88 Å². The standard InChI is InChI=1S/C26H24N2O2/c1-4-19-13-20(15-21(14-19)18(3)29)16-25-27-12-11-26(28-25)30-24-10-9-17(2)22-7-5-6-8-23(22)24/h5-15H,4,16H2,1-3H3. The second-order valence-electron chi connectivity index (χ2n) is 7.46. The monoisotopic (exact) mass is 396 g/mol. The van der Waals surface area contributed by atoms with Crippen LogP contribution in [0.2, 0.25) is 0 Å². The fourth-order valence-corrected chi connectivity index (χ4v) is 3.60. The van der Waals surface area contributed by atoms with Crippen molar-refractivity contribution >= 4 is 16.6 Å². The van der Waals surface area contributed by atoms with Crippen molar-refractivity contribution in [3.63, 3.8) is 0 Å². The Morgan fingerprint density at radius 2 is 1.73 bits per heavy atom. The van der Waals surface area contributed by atoms with E-state index in [4.69, 9.17) is 4.74 Å². The summed E-state index contributed by atoms with van der Waals surface area (Å²) in [6.45, 7) is 5.77. The highest BCUT2D eigenvalue weighted by Gasteiger charge is 2.10. The number of ketones is 1. The molecule has 0 fully saturated rings. The van der Waals surface area contributed by atoms with Crippen molar-refractivity contribution in [1.82, 2.24) is 9.97 Å². The molecule has 0 aliphatic rings. The maximum Gasteiger partial charge on any atom is 0.222 e. The second-order valence-corrected chi connectivity index (χ2v) is 7.46. The number of fused-ring (bicyclic) bond motifs is 1. The molecule has 1 heterocycles. The average molecular weight is 396 g/mol. The number of carbonyl (C=O) groups excluding carboxylic acids is 1. The first-order valence-corrected chi connectivity index (χ1v) is 10.2. The van der Waals surface area contributed by atoms with E-state index in [-0.39, 0.29) is 5.78 Å². The zero-order valence-electron chi connectivity index (χ0n) is 17.5. The minimum absolute atomic E-state index is 0.0656. The molecule has 0 saturated heterocycles. The number of Topliss-reactive ketones (excluding diaryl/α,β-unsaturated/α-hetero) is 1. The van der Waals surface area contributed by atoms with Gasteiger partial charge in [0.1, 0.15) is 11.6 Å². The average Bonchev–Trinajstić information content (AvgIpc) is 2.76. The van der Waals surface area contributed by atoms with Crippen LogP contribution < -0.4 is 4.74 Å². The first-order valence-electron chi connectivity index (χ1n) is 10.2. The molecular formula is C26H24N2O2. The van der Waals surface area contributed by atoms with Crippen molar-refractivity contribution in [1.29, 1.82) is 0 Å². The lowest BCUT2D eigenvalue weighted by molar-refractivity contribution is 0.101. The molecule has 0 radical (unpaired) electrons. The molecule has 0 saturated carbocycles. The number of nitrogens with zero attached hydrogens (tertiary/aromatic N) is 2. The predicted octanol–water partition coefficient (Wildman–Crippen LogP) is 6.09. The highest BCUT2D eigenvalue weighted by molar-refractivity contribution is 5.94. The van der Waals surface area contributed by atoms with Crippen molar-refractivity contribution in [2.45, 2.75) is 33.6 Å². The van der Waals surface area contributed by atoms with Crippen LogP contribution in [-0.2, 0) is 12.8 Å². The van der Waals surface area contributed by atoms with Crippen molar-refractivity contribution in [2.24, 2.45) is 0 Å². The molecule has 0 unspecified atom stereocenters. The molecule has 0 aliphatic heterocycles. The molecule has 4 nitrogen and oxygen atoms in total. The molecule has 4 aromatic rings. The fraction of sp³-hybridized carbons (Fsp3) is 0.192. The van der Waals surface area contributed by atoms with E-state index in [2.05, 4.69) is 48.1 Å². The van der Waals surface area contributed by atoms with E-state index in [0.717, 1.165) is 39.6 Å². The Kier molecular flexibility index (Phi) is 5.57. The second kappa shape index (κ2) is 8.46. The van der Waals surface area contributed by atoms with Crippen molar-refractivity contribution in [3.05, 3.63) is 94.9 Å². The summed E-state index contributed by atoms with van der Waals surface area (Å²) < 4.78 is 6.13. The van der Waals surface area contributed by atoms with Gasteiger partial charge in [-0.1, -0.05) is 43.3 Å². The minimum atomic E-state index is 0.0656. The third-order valence-electron chi connectivity index (χ3n) is 5.23. The molecule has 30 heavy (non-hydrogen) atoms. The molecule has 0 bridgehead atoms. The first kappa shape index (κ1) is 19.8. The Hall–Kier alpha value is -3.53. The van der Waals surface area contributed by atoms with E-state index in [1.165, 1.54) is 5.56 Å². The third kappa shape index (κ3) is 4.23. The van der Waals surface area contributed by atoms with Gasteiger partial charge in [0.25, 0.3) is 0 Å². The fourth-order valence-electron chi connectivity index (χ4n) is 3.60. The van der Waals surface area contributed by atoms with E-state index in [9.17, 15) is 4.79 Å². The molecule has 0 spiro atoms. The van der Waals surface area contributed by atoms with Crippen LogP contribution in [0.3, 0.4) is 0 Å². The molecule has 0 amide bonds. The Balaban J connectivity index is 1.62. The summed E-state index contributed by atoms with van der Waals surface area (Å²) in [4.78, 5) is 20.9. The number of aryl methyl sites for hydroxylation is 2. The van der Waals surface area contributed by atoms with E-state index in [1.807, 2.05) is 30.3 Å². The number of ether oxygens (including phenoxy) is 1. The van der Waals surface area contributed by atoms with Crippen molar-refractivity contribution in [3.8, 4) is 11.6 Å². The number of hydrogen-bond donors (Lipinski definition) is 0. The molecule has 4 rings (SSSR count). The summed E-state index contributed by atoms with van der Waals surface area (Å²) in [6, 6.07) is 20.0. The summed E-state index contributed by atoms with van der Waals surface area (Å²) in [6.07, 6.45) is 3.13. The van der Waals surface area contributed by atoms with Gasteiger partial charge in [-0.3, -0.25) is 4.79 Å². The molecule has 4 heteroatoms. The van der Waals surface area contributed by atoms with Crippen LogP contribution in [-0.4, -0.2) is 15.8 Å². The number of aromatic nitrogens is 2. The lowest BCUT2D eigenvalue weighted by Gasteiger charge is -2.11. The first-order chi connectivity index (χ1) is 14.5. The van der Waals surface area contributed by atoms with Crippen molar-refractivity contribution < 1.29 is 9.53 Å². The number of hydrogen-bond acceptors (Lipinski definition) is 4. The molecule has 0 aliphatic carbocycles. The number of benzene rings is 3. The van der Waals surface area contributed by atoms with Crippen LogP contribution >= 0.6 is 0 Å². The van der Waals surface area contributed by atoms with Gasteiger partial charge in [0.15, 0.2) is 5.78 Å². The van der Waals surface area contributed by atoms with Crippen LogP contribution in [0.15, 0.2) is 66.9 Å². The van der Waals surface area contributed by atoms with Gasteiger partial charge < -0.3 is 4.74 Å². The highest BCUT2D eigenvalue weighted by Crippen LogP contribution is 2.31. The maximum absolute atomic E-state index is 11.9. The zero-order chi connectivity index (χ0) is 21.1. The molecule has 1 aromatic heterocycles. The topological polar surface area (TPSA) is 52.1 Å². The Morgan fingerprint density at radius 1 is 0.967 bits per heavy atom. The lowest BCUT2D eigenvalue weighted by Crippen LogP contribution is -2.01. The van der Waals surface area contributed by atoms with Gasteiger partial charge >= 0.3 is 0 Å². The molecule has 150 valence electrons. The summed E-state index contributed by atoms with van der Waals surface area (Å²) in [5.41, 5.74) is 4.09. The third-order valence-corrected chi connectivity index (χ3v) is 5.23. The van der Waals surface area contributed by atoms with Gasteiger partial charge in [-0.15, -0.1) is 0 Å². The van der Waals surface area contributed by atoms with E-state index in [1.54, 1.807) is 19.2 Å². The summed E-state index contributed by atoms with van der Waals surface area (Å²) in [5, 5.41) is 2.22. The van der Waals surface area contributed by atoms with Gasteiger partial charge in [0, 0.05) is 29.6 Å². The van der Waals surface area contributed by atoms with E-state index in [0.29, 0.717) is 18.1 Å². The summed E-state index contributed by atoms with van der Waals surface area (Å²) in [5.74, 6) is 2.00. The minimum Gasteiger partial charge on any atom is -0.438 e. The molecule has 0 N–H and O–H groups in total. The molecule has 3 aromatic carbocycles. The lowest BCUT2D eigenvalue weighted by atomic mass is 10.00. The van der Waals surface area contributed by atoms with Gasteiger partial charge in [-0.2, -0.15) is 4.98 Å². The number of carbonyl (C=O) groups is 1. The van der Waals surface area contributed by atoms with Crippen LogP contribution in [0, 0.1) is 6.92 Å². The van der Waals surface area contributed by atoms with Gasteiger partial charge in [0.05, 0.1) is 0 Å². The maximum atomic E-state index is 11.9. The normalized spacial score (nSPS) is 10.9. The summed E-state index contributed by atoms with van der Waals surface area (Å²) >= 11 is 0. The van der Waals surface area contributed by atoms with Crippen LogP contribution in [0.5, 0.6) is 11.6 Å². The predicted molar refractivity (Wildman–Crippen MR) is 119 cm³/mol. The van der Waals surface area contributed by atoms with E-state index < -0.39 is 0 Å². The quantitative estimate of drug-likeness (QED) is 0.370. The zero-order valence-corrected chi connectivity index (χ0v) is 17.5. The molecular weight excluding hydrogens is 372 g/mol. The van der Waals surface area contributed by atoms with Crippen LogP contribution in [0.1, 0.15) is 46.7 Å². The van der Waals surface area contributed by atoms with E-state index >= 15 is 0 Å².